The summed E-state index contributed by atoms with van der Waals surface area (Å²) in [5.74, 6) is -4.48. The fourth-order valence-electron chi connectivity index (χ4n) is 3.16. The Hall–Kier alpha value is -4.28. The molecule has 0 aliphatic rings. The smallest absolute Gasteiger partial charge is 0.319 e. The van der Waals surface area contributed by atoms with Crippen LogP contribution < -0.4 is 16.2 Å². The maximum absolute atomic E-state index is 14.3. The molecule has 0 spiro atoms. The Morgan fingerprint density at radius 3 is 2.45 bits per heavy atom. The second kappa shape index (κ2) is 9.47. The predicted molar refractivity (Wildman–Crippen MR) is 112 cm³/mol. The van der Waals surface area contributed by atoms with Crippen LogP contribution in [0.2, 0.25) is 0 Å². The lowest BCUT2D eigenvalue weighted by Gasteiger charge is -2.19. The highest BCUT2D eigenvalue weighted by Crippen LogP contribution is 2.29. The number of halogens is 3. The lowest BCUT2D eigenvalue weighted by molar-refractivity contribution is -0.137. The van der Waals surface area contributed by atoms with E-state index in [0.717, 1.165) is 28.8 Å². The van der Waals surface area contributed by atoms with Crippen molar-refractivity contribution in [3.63, 3.8) is 0 Å². The molecule has 1 atom stereocenters. The first-order chi connectivity index (χ1) is 15.5. The van der Waals surface area contributed by atoms with Crippen molar-refractivity contribution < 1.29 is 33.0 Å². The number of rotatable bonds is 6. The van der Waals surface area contributed by atoms with Crippen molar-refractivity contribution in [2.45, 2.75) is 12.5 Å². The first-order valence-electron chi connectivity index (χ1n) is 9.49. The van der Waals surface area contributed by atoms with E-state index in [9.17, 15) is 37.8 Å². The number of amides is 2. The topological polar surface area (TPSA) is 121 Å². The van der Waals surface area contributed by atoms with Crippen LogP contribution in [0.1, 0.15) is 18.0 Å². The zero-order chi connectivity index (χ0) is 24.3. The fraction of sp³-hybridized carbons (Fsp3) is 0.136. The number of carbonyl (C=O) groups is 2. The Morgan fingerprint density at radius 2 is 1.79 bits per heavy atom. The average molecular weight is 461 g/mol. The number of carbonyl (C=O) groups excluding carboxylic acids is 1. The number of nitrogens with one attached hydrogen (secondary N) is 2. The van der Waals surface area contributed by atoms with E-state index in [1.807, 2.05) is 0 Å². The van der Waals surface area contributed by atoms with Gasteiger partial charge in [0, 0.05) is 24.9 Å². The molecule has 3 rings (SSSR count). The summed E-state index contributed by atoms with van der Waals surface area (Å²) < 4.78 is 42.8. The zero-order valence-corrected chi connectivity index (χ0v) is 17.1. The minimum atomic E-state index is -1.34. The number of nitrogens with zero attached hydrogens (tertiary/aromatic N) is 1. The number of aromatic hydroxyl groups is 1. The van der Waals surface area contributed by atoms with Crippen LogP contribution in [0.3, 0.4) is 0 Å². The van der Waals surface area contributed by atoms with E-state index in [1.165, 1.54) is 25.4 Å². The fourth-order valence-corrected chi connectivity index (χ4v) is 3.16. The van der Waals surface area contributed by atoms with E-state index in [-0.39, 0.29) is 16.7 Å². The molecule has 0 saturated heterocycles. The minimum Gasteiger partial charge on any atom is -0.505 e. The summed E-state index contributed by atoms with van der Waals surface area (Å²) in [6, 6.07) is 4.72. The molecule has 1 aromatic heterocycles. The number of hydrogen-bond donors (Lipinski definition) is 4. The molecule has 0 aliphatic heterocycles. The molecule has 1 unspecified atom stereocenters. The van der Waals surface area contributed by atoms with Gasteiger partial charge in [0.2, 0.25) is 0 Å². The van der Waals surface area contributed by atoms with Crippen molar-refractivity contribution in [2.75, 3.05) is 5.32 Å². The van der Waals surface area contributed by atoms with E-state index in [2.05, 4.69) is 10.6 Å². The molecule has 33 heavy (non-hydrogen) atoms. The number of benzene rings is 2. The van der Waals surface area contributed by atoms with Crippen LogP contribution in [0.4, 0.5) is 23.7 Å². The monoisotopic (exact) mass is 461 g/mol. The Labute approximate surface area is 184 Å². The number of carboxylic acids is 1. The highest BCUT2D eigenvalue weighted by Gasteiger charge is 2.22. The van der Waals surface area contributed by atoms with Crippen molar-refractivity contribution in [1.82, 2.24) is 9.88 Å². The van der Waals surface area contributed by atoms with Crippen LogP contribution in [0.5, 0.6) is 5.75 Å². The van der Waals surface area contributed by atoms with Crippen LogP contribution in [-0.2, 0) is 11.8 Å². The molecule has 0 saturated carbocycles. The molecule has 4 N–H and O–H groups in total. The summed E-state index contributed by atoms with van der Waals surface area (Å²) in [7, 11) is 1.39. The molecule has 2 aromatic carbocycles. The Bertz CT molecular complexity index is 1290. The highest BCUT2D eigenvalue weighted by atomic mass is 19.1. The van der Waals surface area contributed by atoms with Gasteiger partial charge in [-0.3, -0.25) is 9.59 Å². The van der Waals surface area contributed by atoms with E-state index >= 15 is 0 Å². The summed E-state index contributed by atoms with van der Waals surface area (Å²) >= 11 is 0. The van der Waals surface area contributed by atoms with E-state index in [4.69, 9.17) is 0 Å². The van der Waals surface area contributed by atoms with Gasteiger partial charge in [0.25, 0.3) is 5.56 Å². The van der Waals surface area contributed by atoms with Crippen LogP contribution in [0.25, 0.3) is 11.1 Å². The third-order valence-corrected chi connectivity index (χ3v) is 4.73. The third-order valence-electron chi connectivity index (χ3n) is 4.73. The van der Waals surface area contributed by atoms with Crippen molar-refractivity contribution in [2.24, 2.45) is 7.05 Å². The van der Waals surface area contributed by atoms with Crippen molar-refractivity contribution in [3.8, 4) is 16.9 Å². The number of pyridine rings is 1. The molecule has 2 amide bonds. The molecule has 0 aliphatic carbocycles. The lowest BCUT2D eigenvalue weighted by Crippen LogP contribution is -2.36. The van der Waals surface area contributed by atoms with Crippen LogP contribution >= 0.6 is 0 Å². The number of aryl methyl sites for hydroxylation is 1. The molecule has 172 valence electrons. The quantitative estimate of drug-likeness (QED) is 0.448. The van der Waals surface area contributed by atoms with Crippen LogP contribution in [-0.4, -0.2) is 26.8 Å². The van der Waals surface area contributed by atoms with Gasteiger partial charge in [-0.25, -0.2) is 18.0 Å². The standard InChI is InChI=1S/C22H18F3N3O5/c1-28-5-4-18(29)20(21(28)32)27-22(33)26-17(10-19(30)31)12-6-11(7-14(24)8-12)15-3-2-13(23)9-16(15)25/h2-9,17,29H,10H2,1H3,(H,30,31)(H2,26,27,33). The first kappa shape index (κ1) is 23.4. The largest absolute Gasteiger partial charge is 0.505 e. The second-order valence-electron chi connectivity index (χ2n) is 7.14. The molecule has 0 bridgehead atoms. The zero-order valence-electron chi connectivity index (χ0n) is 17.1. The van der Waals surface area contributed by atoms with Crippen LogP contribution in [0, 0.1) is 17.5 Å². The van der Waals surface area contributed by atoms with Gasteiger partial charge in [-0.05, 0) is 47.5 Å². The second-order valence-corrected chi connectivity index (χ2v) is 7.14. The van der Waals surface area contributed by atoms with E-state index in [0.29, 0.717) is 6.07 Å². The van der Waals surface area contributed by atoms with Gasteiger partial charge >= 0.3 is 12.0 Å². The van der Waals surface area contributed by atoms with Gasteiger partial charge in [-0.2, -0.15) is 0 Å². The van der Waals surface area contributed by atoms with Gasteiger partial charge < -0.3 is 25.4 Å². The maximum atomic E-state index is 14.3. The molecular formula is C22H18F3N3O5. The maximum Gasteiger partial charge on any atom is 0.319 e. The molecule has 1 heterocycles. The number of urea groups is 1. The lowest BCUT2D eigenvalue weighted by atomic mass is 9.97. The number of anilines is 1. The molecular weight excluding hydrogens is 443 g/mol. The number of carboxylic acid groups (broad SMARTS) is 1. The summed E-state index contributed by atoms with van der Waals surface area (Å²) in [5, 5.41) is 23.5. The Kier molecular flexibility index (Phi) is 6.71. The SMILES string of the molecule is Cn1ccc(O)c(NC(=O)NC(CC(=O)O)c2cc(F)cc(-c3ccc(F)cc3F)c2)c1=O. The van der Waals surface area contributed by atoms with Gasteiger partial charge in [-0.15, -0.1) is 0 Å². The molecule has 0 fully saturated rings. The molecule has 8 nitrogen and oxygen atoms in total. The summed E-state index contributed by atoms with van der Waals surface area (Å²) in [6.07, 6.45) is 0.595. The van der Waals surface area contributed by atoms with Crippen molar-refractivity contribution in [1.29, 1.82) is 0 Å². The first-order valence-corrected chi connectivity index (χ1v) is 9.49. The number of aromatic nitrogens is 1. The summed E-state index contributed by atoms with van der Waals surface area (Å²) in [6.45, 7) is 0. The van der Waals surface area contributed by atoms with E-state index in [1.54, 1.807) is 0 Å². The van der Waals surface area contributed by atoms with Gasteiger partial charge in [0.05, 0.1) is 12.5 Å². The molecule has 0 radical (unpaired) electrons. The van der Waals surface area contributed by atoms with Crippen LogP contribution in [0.15, 0.2) is 53.5 Å². The molecule has 11 heteroatoms. The van der Waals surface area contributed by atoms with Gasteiger partial charge in [-0.1, -0.05) is 0 Å². The summed E-state index contributed by atoms with van der Waals surface area (Å²) in [5.41, 5.74) is -1.32. The van der Waals surface area contributed by atoms with Crippen molar-refractivity contribution >= 4 is 17.7 Å². The average Bonchev–Trinajstić information content (AvgIpc) is 2.72. The normalized spacial score (nSPS) is 11.6. The minimum absolute atomic E-state index is 0.00494. The number of hydrogen-bond acceptors (Lipinski definition) is 4. The number of aliphatic carboxylic acids is 1. The Morgan fingerprint density at radius 1 is 1.06 bits per heavy atom. The van der Waals surface area contributed by atoms with E-state index < -0.39 is 58.9 Å². The Balaban J connectivity index is 1.94. The summed E-state index contributed by atoms with van der Waals surface area (Å²) in [4.78, 5) is 35.9. The van der Waals surface area contributed by atoms with Gasteiger partial charge in [0.1, 0.15) is 23.2 Å². The van der Waals surface area contributed by atoms with Gasteiger partial charge in [0.15, 0.2) is 5.69 Å². The molecule has 3 aromatic rings. The third kappa shape index (κ3) is 5.50. The predicted octanol–water partition coefficient (Wildman–Crippen LogP) is 3.51. The van der Waals surface area contributed by atoms with Crippen molar-refractivity contribution in [3.05, 3.63) is 82.0 Å². The highest BCUT2D eigenvalue weighted by molar-refractivity contribution is 5.91.